The summed E-state index contributed by atoms with van der Waals surface area (Å²) < 4.78 is 11.1. The van der Waals surface area contributed by atoms with Crippen LogP contribution in [0.3, 0.4) is 0 Å². The van der Waals surface area contributed by atoms with Gasteiger partial charge in [0.15, 0.2) is 5.82 Å². The van der Waals surface area contributed by atoms with E-state index in [4.69, 9.17) is 14.4 Å². The maximum absolute atomic E-state index is 6.52. The van der Waals surface area contributed by atoms with Gasteiger partial charge in [0.25, 0.3) is 0 Å². The van der Waals surface area contributed by atoms with Crippen LogP contribution in [0.1, 0.15) is 0 Å². The molecule has 4 aromatic heterocycles. The molecule has 0 spiro atoms. The number of nitrogens with zero attached hydrogens (tertiary/aromatic N) is 4. The third kappa shape index (κ3) is 3.86. The molecule has 0 aliphatic rings. The minimum Gasteiger partial charge on any atom is -0.436 e. The first-order chi connectivity index (χ1) is 27.3. The molecular weight excluding hydrogens is 673 g/mol. The van der Waals surface area contributed by atoms with Crippen LogP contribution in [0.15, 0.2) is 174 Å². The number of furan rings is 1. The second-order valence-electron chi connectivity index (χ2n) is 14.6. The number of aromatic nitrogens is 4. The van der Waals surface area contributed by atoms with Crippen molar-refractivity contribution in [3.8, 4) is 11.5 Å². The van der Waals surface area contributed by atoms with Crippen molar-refractivity contribution < 1.29 is 4.42 Å². The molecule has 4 heterocycles. The first kappa shape index (κ1) is 29.0. The van der Waals surface area contributed by atoms with E-state index in [0.29, 0.717) is 5.71 Å². The van der Waals surface area contributed by atoms with E-state index in [9.17, 15) is 0 Å². The lowest BCUT2D eigenvalue weighted by molar-refractivity contribution is 0.651. The molecule has 9 aromatic carbocycles. The highest BCUT2D eigenvalue weighted by molar-refractivity contribution is 6.30. The molecule has 0 amide bonds. The normalized spacial score (nSPS) is 12.4. The number of fused-ring (bicyclic) bond motifs is 17. The number of benzene rings is 9. The third-order valence-corrected chi connectivity index (χ3v) is 11.7. The van der Waals surface area contributed by atoms with Gasteiger partial charge >= 0.3 is 0 Å². The van der Waals surface area contributed by atoms with E-state index in [1.54, 1.807) is 0 Å². The Balaban J connectivity index is 1.06. The summed E-state index contributed by atoms with van der Waals surface area (Å²) in [5, 5.41) is 15.7. The van der Waals surface area contributed by atoms with Gasteiger partial charge in [0, 0.05) is 27.2 Å². The topological polar surface area (TPSA) is 48.8 Å². The summed E-state index contributed by atoms with van der Waals surface area (Å²) in [4.78, 5) is 10.3. The zero-order valence-corrected chi connectivity index (χ0v) is 29.4. The van der Waals surface area contributed by atoms with Crippen LogP contribution in [-0.4, -0.2) is 19.1 Å². The summed E-state index contributed by atoms with van der Waals surface area (Å²) in [7, 11) is 0. The average molecular weight is 701 g/mol. The molecule has 0 radical (unpaired) electrons. The molecule has 5 heteroatoms. The summed E-state index contributed by atoms with van der Waals surface area (Å²) >= 11 is 0. The van der Waals surface area contributed by atoms with Gasteiger partial charge in [0.1, 0.15) is 11.1 Å². The van der Waals surface area contributed by atoms with E-state index in [1.165, 1.54) is 64.6 Å². The molecule has 0 aliphatic heterocycles. The molecule has 55 heavy (non-hydrogen) atoms. The van der Waals surface area contributed by atoms with Gasteiger partial charge in [-0.1, -0.05) is 121 Å². The quantitative estimate of drug-likeness (QED) is 0.180. The summed E-state index contributed by atoms with van der Waals surface area (Å²) in [5.74, 6) is 0.721. The Morgan fingerprint density at radius 2 is 0.836 bits per heavy atom. The van der Waals surface area contributed by atoms with Gasteiger partial charge in [-0.2, -0.15) is 4.98 Å². The molecule has 13 aromatic rings. The van der Waals surface area contributed by atoms with E-state index < -0.39 is 0 Å². The van der Waals surface area contributed by atoms with Crippen molar-refractivity contribution in [3.05, 3.63) is 170 Å². The predicted molar refractivity (Wildman–Crippen MR) is 228 cm³/mol. The lowest BCUT2D eigenvalue weighted by Gasteiger charge is -2.09. The Kier molecular flexibility index (Phi) is 5.57. The molecule has 0 N–H and O–H groups in total. The SMILES string of the molecule is c1ccc2c(c1)ccc1c2c2c3ccccc3ccc2n1-c1ccc2oc3nc(-n4c5ccc6ccccc6c5c5c6ccccc6ccc54)cnc3c2c1. The highest BCUT2D eigenvalue weighted by Crippen LogP contribution is 2.43. The molecule has 0 saturated heterocycles. The minimum absolute atomic E-state index is 0.514. The molecule has 13 rings (SSSR count). The van der Waals surface area contributed by atoms with Crippen LogP contribution < -0.4 is 0 Å². The Hall–Kier alpha value is -7.50. The third-order valence-electron chi connectivity index (χ3n) is 11.7. The molecule has 0 fully saturated rings. The van der Waals surface area contributed by atoms with Crippen LogP contribution in [0.5, 0.6) is 0 Å². The fourth-order valence-corrected chi connectivity index (χ4v) is 9.38. The standard InChI is InChI=1S/C50H28N4O/c1-5-13-34-29(9-1)17-22-39-45(34)46-35-14-6-2-10-30(35)18-23-40(46)53(39)33-21-26-43-38(27-33)49-50(55-43)52-44(28-51-49)54-41-24-19-31-11-3-7-15-36(31)47(41)48-37-16-8-4-12-32(37)20-25-42(48)54/h1-28H. The monoisotopic (exact) mass is 700 g/mol. The Bertz CT molecular complexity index is 3600. The lowest BCUT2D eigenvalue weighted by atomic mass is 10.00. The van der Waals surface area contributed by atoms with Gasteiger partial charge in [0.05, 0.1) is 33.6 Å². The van der Waals surface area contributed by atoms with E-state index in [2.05, 4.69) is 173 Å². The zero-order chi connectivity index (χ0) is 35.8. The van der Waals surface area contributed by atoms with Gasteiger partial charge in [-0.25, -0.2) is 4.98 Å². The first-order valence-electron chi connectivity index (χ1n) is 18.7. The van der Waals surface area contributed by atoms with Gasteiger partial charge in [-0.15, -0.1) is 0 Å². The Morgan fingerprint density at radius 3 is 1.31 bits per heavy atom. The number of hydrogen-bond donors (Lipinski definition) is 0. The number of hydrogen-bond acceptors (Lipinski definition) is 3. The van der Waals surface area contributed by atoms with E-state index in [0.717, 1.165) is 50.1 Å². The maximum Gasteiger partial charge on any atom is 0.248 e. The molecule has 0 aliphatic carbocycles. The van der Waals surface area contributed by atoms with E-state index in [-0.39, 0.29) is 0 Å². The van der Waals surface area contributed by atoms with Gasteiger partial charge < -0.3 is 8.98 Å². The summed E-state index contributed by atoms with van der Waals surface area (Å²) in [6, 6.07) is 58.8. The van der Waals surface area contributed by atoms with Crippen molar-refractivity contribution in [2.75, 3.05) is 0 Å². The van der Waals surface area contributed by atoms with Crippen molar-refractivity contribution in [3.63, 3.8) is 0 Å². The first-order valence-corrected chi connectivity index (χ1v) is 18.7. The maximum atomic E-state index is 6.52. The van der Waals surface area contributed by atoms with Crippen LogP contribution in [0.2, 0.25) is 0 Å². The summed E-state index contributed by atoms with van der Waals surface area (Å²) in [5.41, 5.74) is 7.56. The smallest absolute Gasteiger partial charge is 0.248 e. The molecule has 0 atom stereocenters. The second-order valence-corrected chi connectivity index (χ2v) is 14.6. The lowest BCUT2D eigenvalue weighted by Crippen LogP contribution is -1.98. The fraction of sp³-hybridized carbons (Fsp3) is 0. The highest BCUT2D eigenvalue weighted by Gasteiger charge is 2.21. The molecular formula is C50H28N4O. The zero-order valence-electron chi connectivity index (χ0n) is 29.4. The van der Waals surface area contributed by atoms with Crippen LogP contribution in [0.4, 0.5) is 0 Å². The number of rotatable bonds is 2. The fourth-order valence-electron chi connectivity index (χ4n) is 9.38. The van der Waals surface area contributed by atoms with Crippen molar-refractivity contribution in [2.24, 2.45) is 0 Å². The van der Waals surface area contributed by atoms with Gasteiger partial charge in [-0.05, 0) is 85.6 Å². The van der Waals surface area contributed by atoms with E-state index >= 15 is 0 Å². The van der Waals surface area contributed by atoms with Crippen LogP contribution in [0, 0.1) is 0 Å². The van der Waals surface area contributed by atoms with Crippen molar-refractivity contribution in [1.29, 1.82) is 0 Å². The molecule has 5 nitrogen and oxygen atoms in total. The van der Waals surface area contributed by atoms with Crippen LogP contribution >= 0.6 is 0 Å². The van der Waals surface area contributed by atoms with Crippen LogP contribution in [0.25, 0.3) is 120 Å². The molecule has 254 valence electrons. The largest absolute Gasteiger partial charge is 0.436 e. The summed E-state index contributed by atoms with van der Waals surface area (Å²) in [6.07, 6.45) is 1.89. The van der Waals surface area contributed by atoms with E-state index in [1.807, 2.05) is 6.20 Å². The second kappa shape index (κ2) is 10.6. The molecule has 0 unspecified atom stereocenters. The average Bonchev–Trinajstić information content (AvgIpc) is 3.91. The highest BCUT2D eigenvalue weighted by atomic mass is 16.3. The van der Waals surface area contributed by atoms with Crippen molar-refractivity contribution >= 4 is 109 Å². The van der Waals surface area contributed by atoms with Gasteiger partial charge in [0.2, 0.25) is 5.71 Å². The summed E-state index contributed by atoms with van der Waals surface area (Å²) in [6.45, 7) is 0. The Morgan fingerprint density at radius 1 is 0.400 bits per heavy atom. The van der Waals surface area contributed by atoms with Crippen molar-refractivity contribution in [1.82, 2.24) is 19.1 Å². The Labute approximate surface area is 312 Å². The molecule has 0 saturated carbocycles. The predicted octanol–water partition coefficient (Wildman–Crippen LogP) is 13.2. The van der Waals surface area contributed by atoms with Crippen LogP contribution in [-0.2, 0) is 0 Å². The van der Waals surface area contributed by atoms with Gasteiger partial charge in [-0.3, -0.25) is 4.57 Å². The van der Waals surface area contributed by atoms with Crippen molar-refractivity contribution in [2.45, 2.75) is 0 Å². The molecule has 0 bridgehead atoms. The minimum atomic E-state index is 0.514.